The Bertz CT molecular complexity index is 959. The molecule has 144 valence electrons. The van der Waals surface area contributed by atoms with E-state index in [2.05, 4.69) is 20.8 Å². The van der Waals surface area contributed by atoms with Crippen molar-refractivity contribution in [2.45, 2.75) is 11.9 Å². The second kappa shape index (κ2) is 9.05. The number of carbonyl (C=O) groups is 2. The summed E-state index contributed by atoms with van der Waals surface area (Å²) in [6, 6.07) is 12.0. The average molecular weight is 398 g/mol. The van der Waals surface area contributed by atoms with E-state index in [1.54, 1.807) is 37.4 Å². The Balaban J connectivity index is 1.52. The zero-order valence-corrected chi connectivity index (χ0v) is 16.1. The molecule has 0 fully saturated rings. The van der Waals surface area contributed by atoms with Crippen LogP contribution >= 0.6 is 11.8 Å². The van der Waals surface area contributed by atoms with Gasteiger partial charge in [-0.25, -0.2) is 0 Å². The lowest BCUT2D eigenvalue weighted by molar-refractivity contribution is -0.113. The second-order valence-corrected chi connectivity index (χ2v) is 6.72. The molecule has 2 N–H and O–H groups in total. The van der Waals surface area contributed by atoms with Crippen molar-refractivity contribution in [1.29, 1.82) is 0 Å². The van der Waals surface area contributed by atoms with Crippen molar-refractivity contribution in [1.82, 2.24) is 10.2 Å². The highest BCUT2D eigenvalue weighted by atomic mass is 32.2. The Hall–Kier alpha value is -3.33. The van der Waals surface area contributed by atoms with Crippen LogP contribution < -0.4 is 15.4 Å². The van der Waals surface area contributed by atoms with Crippen molar-refractivity contribution in [3.05, 3.63) is 60.1 Å². The lowest BCUT2D eigenvalue weighted by Gasteiger charge is -2.10. The molecule has 0 spiro atoms. The van der Waals surface area contributed by atoms with E-state index in [-0.39, 0.29) is 17.4 Å². The number of carbonyl (C=O) groups excluding carboxylic acids is 2. The van der Waals surface area contributed by atoms with Gasteiger partial charge in [0.15, 0.2) is 11.6 Å². The topological polar surface area (TPSA) is 106 Å². The van der Waals surface area contributed by atoms with Gasteiger partial charge in [0.2, 0.25) is 5.91 Å². The van der Waals surface area contributed by atoms with Crippen molar-refractivity contribution in [3.8, 4) is 5.75 Å². The fourth-order valence-electron chi connectivity index (χ4n) is 2.29. The van der Waals surface area contributed by atoms with Crippen molar-refractivity contribution >= 4 is 35.1 Å². The van der Waals surface area contributed by atoms with Crippen LogP contribution in [0.25, 0.3) is 0 Å². The number of hydrogen-bond donors (Lipinski definition) is 2. The number of methoxy groups -OCH3 is 1. The number of furan rings is 1. The van der Waals surface area contributed by atoms with Crippen LogP contribution in [0.1, 0.15) is 16.1 Å². The first kappa shape index (κ1) is 19.4. The predicted molar refractivity (Wildman–Crippen MR) is 106 cm³/mol. The molecule has 2 amide bonds. The van der Waals surface area contributed by atoms with Gasteiger partial charge in [0, 0.05) is 0 Å². The summed E-state index contributed by atoms with van der Waals surface area (Å²) in [7, 11) is 1.55. The molecule has 3 aromatic rings. The van der Waals surface area contributed by atoms with Crippen LogP contribution in [0.5, 0.6) is 5.75 Å². The summed E-state index contributed by atoms with van der Waals surface area (Å²) < 4.78 is 10.3. The monoisotopic (exact) mass is 398 g/mol. The van der Waals surface area contributed by atoms with Crippen LogP contribution in [0.15, 0.2) is 58.2 Å². The Morgan fingerprint density at radius 1 is 1.14 bits per heavy atom. The first-order chi connectivity index (χ1) is 13.5. The Labute approximate surface area is 165 Å². The third kappa shape index (κ3) is 5.10. The molecule has 0 aliphatic rings. The Kier molecular flexibility index (Phi) is 6.28. The van der Waals surface area contributed by atoms with Gasteiger partial charge in [-0.1, -0.05) is 17.8 Å². The molecule has 0 aliphatic heterocycles. The van der Waals surface area contributed by atoms with Crippen molar-refractivity contribution in [3.63, 3.8) is 0 Å². The largest absolute Gasteiger partial charge is 0.495 e. The average Bonchev–Trinajstić information content (AvgIpc) is 3.23. The summed E-state index contributed by atoms with van der Waals surface area (Å²) in [5.74, 6) is 0.629. The maximum atomic E-state index is 12.2. The molecule has 2 aromatic heterocycles. The summed E-state index contributed by atoms with van der Waals surface area (Å²) in [5, 5.41) is 13.9. The minimum atomic E-state index is -0.411. The van der Waals surface area contributed by atoms with E-state index in [0.29, 0.717) is 22.3 Å². The van der Waals surface area contributed by atoms with Crippen LogP contribution in [-0.2, 0) is 4.79 Å². The lowest BCUT2D eigenvalue weighted by atomic mass is 10.2. The van der Waals surface area contributed by atoms with E-state index in [0.717, 1.165) is 5.56 Å². The summed E-state index contributed by atoms with van der Waals surface area (Å²) in [4.78, 5) is 24.1. The number of ether oxygens (including phenoxy) is 1. The number of nitrogens with one attached hydrogen (secondary N) is 2. The number of aryl methyl sites for hydroxylation is 1. The van der Waals surface area contributed by atoms with E-state index in [9.17, 15) is 9.59 Å². The number of benzene rings is 1. The molecule has 0 aliphatic carbocycles. The lowest BCUT2D eigenvalue weighted by Crippen LogP contribution is -2.15. The smallest absolute Gasteiger partial charge is 0.292 e. The summed E-state index contributed by atoms with van der Waals surface area (Å²) >= 11 is 1.23. The van der Waals surface area contributed by atoms with Gasteiger partial charge in [-0.3, -0.25) is 9.59 Å². The van der Waals surface area contributed by atoms with Gasteiger partial charge in [0.25, 0.3) is 5.91 Å². The van der Waals surface area contributed by atoms with Gasteiger partial charge in [-0.2, -0.15) is 0 Å². The summed E-state index contributed by atoms with van der Waals surface area (Å²) in [6.45, 7) is 1.94. The van der Waals surface area contributed by atoms with E-state index in [4.69, 9.17) is 9.15 Å². The molecule has 9 heteroatoms. The van der Waals surface area contributed by atoms with E-state index >= 15 is 0 Å². The van der Waals surface area contributed by atoms with Gasteiger partial charge in [0.1, 0.15) is 10.8 Å². The first-order valence-corrected chi connectivity index (χ1v) is 9.29. The molecule has 0 unspecified atom stereocenters. The van der Waals surface area contributed by atoms with Gasteiger partial charge in [-0.05, 0) is 48.9 Å². The fourth-order valence-corrected chi connectivity index (χ4v) is 2.91. The molecule has 8 nitrogen and oxygen atoms in total. The van der Waals surface area contributed by atoms with Crippen LogP contribution in [0.2, 0.25) is 0 Å². The molecule has 0 bridgehead atoms. The zero-order valence-electron chi connectivity index (χ0n) is 15.3. The summed E-state index contributed by atoms with van der Waals surface area (Å²) in [6.07, 6.45) is 1.41. The number of anilines is 2. The van der Waals surface area contributed by atoms with Gasteiger partial charge in [-0.15, -0.1) is 10.2 Å². The second-order valence-electron chi connectivity index (χ2n) is 5.73. The molecule has 0 saturated heterocycles. The zero-order chi connectivity index (χ0) is 19.9. The standard InChI is InChI=1S/C19H18N4O4S/c1-12-5-6-14(26-2)13(10-12)20-17(24)11-28-18-8-7-16(22-23-18)21-19(25)15-4-3-9-27-15/h3-10H,11H2,1-2H3,(H,20,24)(H,21,22,25). The van der Waals surface area contributed by atoms with Gasteiger partial charge in [0.05, 0.1) is 24.8 Å². The van der Waals surface area contributed by atoms with E-state index < -0.39 is 5.91 Å². The number of rotatable bonds is 7. The van der Waals surface area contributed by atoms with Crippen LogP contribution in [0.4, 0.5) is 11.5 Å². The number of amides is 2. The molecule has 2 heterocycles. The molecule has 1 aromatic carbocycles. The van der Waals surface area contributed by atoms with Gasteiger partial charge < -0.3 is 19.8 Å². The van der Waals surface area contributed by atoms with Crippen molar-refractivity contribution in [2.24, 2.45) is 0 Å². The molecule has 28 heavy (non-hydrogen) atoms. The Morgan fingerprint density at radius 2 is 2.00 bits per heavy atom. The highest BCUT2D eigenvalue weighted by Gasteiger charge is 2.11. The maximum absolute atomic E-state index is 12.2. The molecule has 0 saturated carbocycles. The van der Waals surface area contributed by atoms with E-state index in [1.165, 1.54) is 18.0 Å². The molecular formula is C19H18N4O4S. The van der Waals surface area contributed by atoms with Crippen LogP contribution in [-0.4, -0.2) is 34.9 Å². The SMILES string of the molecule is COc1ccc(C)cc1NC(=O)CSc1ccc(NC(=O)c2ccco2)nn1. The third-order valence-electron chi connectivity index (χ3n) is 3.61. The van der Waals surface area contributed by atoms with Crippen LogP contribution in [0, 0.1) is 6.92 Å². The predicted octanol–water partition coefficient (Wildman–Crippen LogP) is 3.37. The van der Waals surface area contributed by atoms with Gasteiger partial charge >= 0.3 is 0 Å². The van der Waals surface area contributed by atoms with Crippen molar-refractivity contribution < 1.29 is 18.7 Å². The highest BCUT2D eigenvalue weighted by Crippen LogP contribution is 2.25. The molecule has 0 atom stereocenters. The number of nitrogens with zero attached hydrogens (tertiary/aromatic N) is 2. The fraction of sp³-hybridized carbons (Fsp3) is 0.158. The van der Waals surface area contributed by atoms with Crippen LogP contribution in [0.3, 0.4) is 0 Å². The summed E-state index contributed by atoms with van der Waals surface area (Å²) in [5.41, 5.74) is 1.64. The highest BCUT2D eigenvalue weighted by molar-refractivity contribution is 7.99. The maximum Gasteiger partial charge on any atom is 0.292 e. The van der Waals surface area contributed by atoms with Crippen molar-refractivity contribution in [2.75, 3.05) is 23.5 Å². The quantitative estimate of drug-likeness (QED) is 0.588. The molecular weight excluding hydrogens is 380 g/mol. The minimum Gasteiger partial charge on any atom is -0.495 e. The number of hydrogen-bond acceptors (Lipinski definition) is 7. The Morgan fingerprint density at radius 3 is 2.68 bits per heavy atom. The first-order valence-electron chi connectivity index (χ1n) is 8.31. The number of thioether (sulfide) groups is 1. The third-order valence-corrected chi connectivity index (χ3v) is 4.53. The normalized spacial score (nSPS) is 10.4. The van der Waals surface area contributed by atoms with E-state index in [1.807, 2.05) is 19.1 Å². The number of aromatic nitrogens is 2. The minimum absolute atomic E-state index is 0.157. The molecule has 3 rings (SSSR count). The molecule has 0 radical (unpaired) electrons.